The monoisotopic (exact) mass is 321 g/mol. The quantitative estimate of drug-likeness (QED) is 0.848. The molecule has 1 saturated heterocycles. The van der Waals surface area contributed by atoms with Gasteiger partial charge >= 0.3 is 0 Å². The van der Waals surface area contributed by atoms with E-state index in [4.69, 9.17) is 4.74 Å². The molecular formula is C17H20FNO2S. The number of carbonyl (C=O) groups is 1. The molecule has 0 unspecified atom stereocenters. The summed E-state index contributed by atoms with van der Waals surface area (Å²) in [6, 6.07) is 4.99. The number of fused-ring (bicyclic) bond motifs is 1. The Balaban J connectivity index is 2.03. The maximum absolute atomic E-state index is 14.2. The molecule has 5 heteroatoms. The largest absolute Gasteiger partial charge is 0.380 e. The maximum atomic E-state index is 14.2. The van der Waals surface area contributed by atoms with Crippen molar-refractivity contribution in [3.8, 4) is 0 Å². The van der Waals surface area contributed by atoms with E-state index in [1.54, 1.807) is 13.2 Å². The van der Waals surface area contributed by atoms with Crippen LogP contribution in [0.4, 0.5) is 4.39 Å². The van der Waals surface area contributed by atoms with Crippen LogP contribution in [0.25, 0.3) is 10.1 Å². The molecule has 3 rings (SSSR count). The summed E-state index contributed by atoms with van der Waals surface area (Å²) in [5.41, 5.74) is 0.690. The summed E-state index contributed by atoms with van der Waals surface area (Å²) in [4.78, 5) is 15.4. The van der Waals surface area contributed by atoms with E-state index < -0.39 is 0 Å². The molecule has 1 aromatic heterocycles. The van der Waals surface area contributed by atoms with Gasteiger partial charge in [0, 0.05) is 35.8 Å². The van der Waals surface area contributed by atoms with Crippen LogP contribution >= 0.6 is 11.3 Å². The molecule has 0 bridgehead atoms. The average molecular weight is 321 g/mol. The highest BCUT2D eigenvalue weighted by Crippen LogP contribution is 2.34. The normalized spacial score (nSPS) is 16.0. The topological polar surface area (TPSA) is 29.5 Å². The number of halogens is 1. The first-order valence-electron chi connectivity index (χ1n) is 7.70. The van der Waals surface area contributed by atoms with Crippen molar-refractivity contribution in [2.75, 3.05) is 20.2 Å². The van der Waals surface area contributed by atoms with Crippen LogP contribution in [0.15, 0.2) is 18.2 Å². The van der Waals surface area contributed by atoms with Crippen LogP contribution in [0.5, 0.6) is 0 Å². The third kappa shape index (κ3) is 2.88. The van der Waals surface area contributed by atoms with Crippen molar-refractivity contribution in [3.05, 3.63) is 34.5 Å². The number of carbonyl (C=O) groups excluding carboxylic acids is 1. The Morgan fingerprint density at radius 1 is 1.27 bits per heavy atom. The molecule has 0 N–H and O–H groups in total. The molecule has 0 aliphatic carbocycles. The zero-order chi connectivity index (χ0) is 15.5. The summed E-state index contributed by atoms with van der Waals surface area (Å²) < 4.78 is 20.2. The van der Waals surface area contributed by atoms with Crippen LogP contribution < -0.4 is 0 Å². The Hall–Kier alpha value is -1.46. The zero-order valence-electron chi connectivity index (χ0n) is 12.7. The second-order valence-corrected chi connectivity index (χ2v) is 6.71. The number of ether oxygens (including phenoxy) is 1. The van der Waals surface area contributed by atoms with Gasteiger partial charge in [-0.3, -0.25) is 4.79 Å². The van der Waals surface area contributed by atoms with Gasteiger partial charge in [0.25, 0.3) is 5.91 Å². The molecule has 1 aromatic carbocycles. The van der Waals surface area contributed by atoms with Crippen molar-refractivity contribution in [1.29, 1.82) is 0 Å². The zero-order valence-corrected chi connectivity index (χ0v) is 13.5. The lowest BCUT2D eigenvalue weighted by atomic mass is 10.1. The summed E-state index contributed by atoms with van der Waals surface area (Å²) in [6.07, 6.45) is 4.45. The van der Waals surface area contributed by atoms with Crippen molar-refractivity contribution < 1.29 is 13.9 Å². The van der Waals surface area contributed by atoms with Crippen LogP contribution in [0.1, 0.15) is 40.9 Å². The van der Waals surface area contributed by atoms with Gasteiger partial charge in [0.2, 0.25) is 0 Å². The van der Waals surface area contributed by atoms with E-state index in [-0.39, 0.29) is 18.3 Å². The van der Waals surface area contributed by atoms with Crippen molar-refractivity contribution in [3.63, 3.8) is 0 Å². The summed E-state index contributed by atoms with van der Waals surface area (Å²) in [7, 11) is 1.57. The van der Waals surface area contributed by atoms with E-state index in [0.29, 0.717) is 15.8 Å². The third-order valence-electron chi connectivity index (χ3n) is 4.14. The Morgan fingerprint density at radius 3 is 2.68 bits per heavy atom. The fourth-order valence-electron chi connectivity index (χ4n) is 3.04. The lowest BCUT2D eigenvalue weighted by Crippen LogP contribution is -2.31. The minimum Gasteiger partial charge on any atom is -0.380 e. The Bertz CT molecular complexity index is 675. The number of likely N-dealkylation sites (tertiary alicyclic amines) is 1. The maximum Gasteiger partial charge on any atom is 0.264 e. The SMILES string of the molecule is COCc1c(C(=O)N2CCCCCC2)sc2cccc(F)c12. The number of methoxy groups -OCH3 is 1. The molecule has 0 saturated carbocycles. The lowest BCUT2D eigenvalue weighted by molar-refractivity contribution is 0.0762. The molecule has 1 amide bonds. The van der Waals surface area contributed by atoms with E-state index in [2.05, 4.69) is 0 Å². The lowest BCUT2D eigenvalue weighted by Gasteiger charge is -2.20. The smallest absolute Gasteiger partial charge is 0.264 e. The predicted molar refractivity (Wildman–Crippen MR) is 86.9 cm³/mol. The van der Waals surface area contributed by atoms with Crippen LogP contribution in [0, 0.1) is 5.82 Å². The number of thiophene rings is 1. The number of hydrogen-bond donors (Lipinski definition) is 0. The second kappa shape index (κ2) is 6.75. The van der Waals surface area contributed by atoms with Crippen LogP contribution in [-0.4, -0.2) is 31.0 Å². The van der Waals surface area contributed by atoms with Gasteiger partial charge in [0.1, 0.15) is 5.82 Å². The Kier molecular flexibility index (Phi) is 4.74. The van der Waals surface area contributed by atoms with Gasteiger partial charge in [0.05, 0.1) is 11.5 Å². The molecule has 0 spiro atoms. The molecule has 2 aromatic rings. The highest BCUT2D eigenvalue weighted by atomic mass is 32.1. The van der Waals surface area contributed by atoms with Crippen LogP contribution in [-0.2, 0) is 11.3 Å². The number of rotatable bonds is 3. The predicted octanol–water partition coefficient (Wildman–Crippen LogP) is 4.20. The van der Waals surface area contributed by atoms with Gasteiger partial charge in [0.15, 0.2) is 0 Å². The first kappa shape index (κ1) is 15.4. The molecule has 118 valence electrons. The number of hydrogen-bond acceptors (Lipinski definition) is 3. The third-order valence-corrected chi connectivity index (χ3v) is 5.32. The molecule has 0 radical (unpaired) electrons. The molecule has 22 heavy (non-hydrogen) atoms. The molecule has 3 nitrogen and oxygen atoms in total. The molecule has 1 aliphatic rings. The number of amides is 1. The highest BCUT2D eigenvalue weighted by molar-refractivity contribution is 7.21. The average Bonchev–Trinajstić information content (AvgIpc) is 2.71. The fraction of sp³-hybridized carbons (Fsp3) is 0.471. The first-order valence-corrected chi connectivity index (χ1v) is 8.52. The van der Waals surface area contributed by atoms with Gasteiger partial charge in [-0.05, 0) is 25.0 Å². The molecule has 1 aliphatic heterocycles. The standard InChI is InChI=1S/C17H20FNO2S/c1-21-11-12-15-13(18)7-6-8-14(15)22-16(12)17(20)19-9-4-2-3-5-10-19/h6-8H,2-5,9-11H2,1H3. The van der Waals surface area contributed by atoms with Gasteiger partial charge in [-0.2, -0.15) is 0 Å². The van der Waals surface area contributed by atoms with Crippen molar-refractivity contribution in [2.45, 2.75) is 32.3 Å². The first-order chi connectivity index (χ1) is 10.7. The van der Waals surface area contributed by atoms with Crippen LogP contribution in [0.3, 0.4) is 0 Å². The Labute approximate surface area is 133 Å². The summed E-state index contributed by atoms with van der Waals surface area (Å²) >= 11 is 1.38. The minimum absolute atomic E-state index is 0.0227. The van der Waals surface area contributed by atoms with Crippen molar-refractivity contribution in [1.82, 2.24) is 4.90 Å². The van der Waals surface area contributed by atoms with Crippen molar-refractivity contribution >= 4 is 27.3 Å². The van der Waals surface area contributed by atoms with Gasteiger partial charge < -0.3 is 9.64 Å². The molecular weight excluding hydrogens is 301 g/mol. The van der Waals surface area contributed by atoms with Gasteiger partial charge in [-0.15, -0.1) is 11.3 Å². The van der Waals surface area contributed by atoms with Gasteiger partial charge in [-0.1, -0.05) is 18.9 Å². The second-order valence-electron chi connectivity index (χ2n) is 5.66. The highest BCUT2D eigenvalue weighted by Gasteiger charge is 2.25. The molecule has 0 atom stereocenters. The van der Waals surface area contributed by atoms with Crippen molar-refractivity contribution in [2.24, 2.45) is 0 Å². The number of benzene rings is 1. The number of nitrogens with zero attached hydrogens (tertiary/aromatic N) is 1. The molecule has 1 fully saturated rings. The van der Waals surface area contributed by atoms with E-state index in [9.17, 15) is 9.18 Å². The van der Waals surface area contributed by atoms with E-state index in [0.717, 1.165) is 30.6 Å². The van der Waals surface area contributed by atoms with E-state index in [1.165, 1.54) is 30.2 Å². The Morgan fingerprint density at radius 2 is 2.00 bits per heavy atom. The van der Waals surface area contributed by atoms with Gasteiger partial charge in [-0.25, -0.2) is 4.39 Å². The minimum atomic E-state index is -0.282. The van der Waals surface area contributed by atoms with E-state index in [1.807, 2.05) is 11.0 Å². The fourth-order valence-corrected chi connectivity index (χ4v) is 4.23. The summed E-state index contributed by atoms with van der Waals surface area (Å²) in [5, 5.41) is 0.535. The summed E-state index contributed by atoms with van der Waals surface area (Å²) in [6.45, 7) is 1.85. The summed E-state index contributed by atoms with van der Waals surface area (Å²) in [5.74, 6) is -0.259. The van der Waals surface area contributed by atoms with E-state index >= 15 is 0 Å². The molecule has 2 heterocycles. The van der Waals surface area contributed by atoms with Crippen LogP contribution in [0.2, 0.25) is 0 Å².